The molecule has 1 unspecified atom stereocenters. The lowest BCUT2D eigenvalue weighted by Crippen LogP contribution is -2.51. The summed E-state index contributed by atoms with van der Waals surface area (Å²) in [6.45, 7) is 5.96. The van der Waals surface area contributed by atoms with E-state index in [9.17, 15) is 18.3 Å². The van der Waals surface area contributed by atoms with Gasteiger partial charge in [-0.3, -0.25) is 4.98 Å². The Labute approximate surface area is 230 Å². The lowest BCUT2D eigenvalue weighted by molar-refractivity contribution is -0.101. The van der Waals surface area contributed by atoms with E-state index in [4.69, 9.17) is 4.74 Å². The summed E-state index contributed by atoms with van der Waals surface area (Å²) in [6.07, 6.45) is 4.73. The van der Waals surface area contributed by atoms with Gasteiger partial charge in [0.15, 0.2) is 9.84 Å². The second kappa shape index (κ2) is 9.75. The average molecular weight is 549 g/mol. The molecule has 8 heteroatoms. The van der Waals surface area contributed by atoms with Crippen molar-refractivity contribution in [1.82, 2.24) is 9.88 Å². The summed E-state index contributed by atoms with van der Waals surface area (Å²) >= 11 is 0. The van der Waals surface area contributed by atoms with Crippen LogP contribution < -0.4 is 0 Å². The second-order valence-electron chi connectivity index (χ2n) is 11.7. The number of hydrogen-bond acceptors (Lipinski definition) is 6. The van der Waals surface area contributed by atoms with Crippen LogP contribution in [0, 0.1) is 0 Å². The number of benzene rings is 2. The fourth-order valence-electron chi connectivity index (χ4n) is 5.79. The van der Waals surface area contributed by atoms with E-state index in [1.165, 1.54) is 6.26 Å². The molecule has 1 aromatic heterocycles. The molecule has 2 aliphatic rings. The predicted octanol–water partition coefficient (Wildman–Crippen LogP) is 5.74. The molecule has 206 valence electrons. The third-order valence-electron chi connectivity index (χ3n) is 8.13. The zero-order valence-electron chi connectivity index (χ0n) is 22.9. The van der Waals surface area contributed by atoms with Gasteiger partial charge in [0.25, 0.3) is 0 Å². The number of pyridine rings is 1. The lowest BCUT2D eigenvalue weighted by atomic mass is 9.80. The van der Waals surface area contributed by atoms with Crippen molar-refractivity contribution in [2.45, 2.75) is 68.4 Å². The number of hydrogen-bond donors (Lipinski definition) is 1. The number of aliphatic hydroxyl groups is 1. The Morgan fingerprint density at radius 1 is 1.00 bits per heavy atom. The molecule has 7 nitrogen and oxygen atoms in total. The molecule has 1 N–H and O–H groups in total. The summed E-state index contributed by atoms with van der Waals surface area (Å²) in [5.74, 6) is 0. The minimum atomic E-state index is -3.20. The highest BCUT2D eigenvalue weighted by Crippen LogP contribution is 2.51. The Bertz CT molecular complexity index is 1440. The van der Waals surface area contributed by atoms with Crippen LogP contribution in [-0.2, 0) is 24.9 Å². The summed E-state index contributed by atoms with van der Waals surface area (Å²) in [7, 11) is -3.20. The molecule has 2 aromatic carbocycles. The van der Waals surface area contributed by atoms with Gasteiger partial charge in [-0.25, -0.2) is 13.2 Å². The molecule has 39 heavy (non-hydrogen) atoms. The third-order valence-corrected chi connectivity index (χ3v) is 10.2. The first-order valence-corrected chi connectivity index (χ1v) is 15.3. The molecule has 0 radical (unpaired) electrons. The van der Waals surface area contributed by atoms with Gasteiger partial charge in [-0.05, 0) is 56.4 Å². The van der Waals surface area contributed by atoms with Gasteiger partial charge in [0.05, 0.1) is 17.3 Å². The topological polar surface area (TPSA) is 96.8 Å². The Hall–Kier alpha value is -3.23. The maximum Gasteiger partial charge on any atom is 0.411 e. The Morgan fingerprint density at radius 2 is 1.64 bits per heavy atom. The van der Waals surface area contributed by atoms with Crippen molar-refractivity contribution in [2.75, 3.05) is 12.8 Å². The fraction of sp³-hybridized carbons (Fsp3) is 0.419. The summed E-state index contributed by atoms with van der Waals surface area (Å²) in [5.41, 5.74) is 2.45. The molecule has 1 saturated carbocycles. The summed E-state index contributed by atoms with van der Waals surface area (Å²) in [4.78, 5) is 19.6. The molecule has 2 heterocycles. The van der Waals surface area contributed by atoms with Crippen LogP contribution >= 0.6 is 0 Å². The van der Waals surface area contributed by atoms with Crippen molar-refractivity contribution < 1.29 is 23.1 Å². The van der Waals surface area contributed by atoms with Crippen LogP contribution in [0.25, 0.3) is 11.1 Å². The molecule has 1 aliphatic carbocycles. The third kappa shape index (κ3) is 5.32. The number of cyclic esters (lactones) is 1. The van der Waals surface area contributed by atoms with E-state index in [0.29, 0.717) is 37.9 Å². The minimum Gasteiger partial charge on any atom is -0.438 e. The normalized spacial score (nSPS) is 21.8. The zero-order valence-corrected chi connectivity index (χ0v) is 23.7. The predicted molar refractivity (Wildman–Crippen MR) is 151 cm³/mol. The molecule has 1 amide bonds. The number of sulfone groups is 1. The van der Waals surface area contributed by atoms with Crippen LogP contribution in [0.15, 0.2) is 72.9 Å². The highest BCUT2D eigenvalue weighted by molar-refractivity contribution is 7.91. The van der Waals surface area contributed by atoms with Crippen LogP contribution in [0.1, 0.15) is 69.3 Å². The van der Waals surface area contributed by atoms with Crippen molar-refractivity contribution in [3.8, 4) is 11.1 Å². The van der Waals surface area contributed by atoms with Crippen molar-refractivity contribution in [3.05, 3.63) is 89.7 Å². The number of carbonyl (C=O) groups excluding carboxylic acids is 1. The van der Waals surface area contributed by atoms with Crippen LogP contribution in [0.3, 0.4) is 0 Å². The van der Waals surface area contributed by atoms with Crippen molar-refractivity contribution in [2.24, 2.45) is 0 Å². The number of carbonyl (C=O) groups is 1. The van der Waals surface area contributed by atoms with E-state index >= 15 is 0 Å². The van der Waals surface area contributed by atoms with Crippen LogP contribution in [0.2, 0.25) is 0 Å². The van der Waals surface area contributed by atoms with Gasteiger partial charge in [0.2, 0.25) is 0 Å². The van der Waals surface area contributed by atoms with Crippen LogP contribution in [0.4, 0.5) is 4.79 Å². The van der Waals surface area contributed by atoms with E-state index in [2.05, 4.69) is 4.98 Å². The van der Waals surface area contributed by atoms with Gasteiger partial charge in [0, 0.05) is 37.4 Å². The number of amides is 1. The highest BCUT2D eigenvalue weighted by Gasteiger charge is 2.54. The molecular weight excluding hydrogens is 512 g/mol. The molecule has 1 aliphatic heterocycles. The summed E-state index contributed by atoms with van der Waals surface area (Å²) in [6, 6.07) is 21.2. The van der Waals surface area contributed by atoms with Crippen molar-refractivity contribution in [1.29, 1.82) is 0 Å². The van der Waals surface area contributed by atoms with E-state index in [1.807, 2.05) is 73.7 Å². The van der Waals surface area contributed by atoms with Gasteiger partial charge in [-0.15, -0.1) is 0 Å². The largest absolute Gasteiger partial charge is 0.438 e. The van der Waals surface area contributed by atoms with Crippen LogP contribution in [-0.4, -0.2) is 47.9 Å². The molecule has 1 saturated heterocycles. The van der Waals surface area contributed by atoms with Gasteiger partial charge in [-0.2, -0.15) is 0 Å². The van der Waals surface area contributed by atoms with E-state index < -0.39 is 31.9 Å². The van der Waals surface area contributed by atoms with Crippen molar-refractivity contribution >= 4 is 15.9 Å². The maximum atomic E-state index is 13.3. The molecule has 5 rings (SSSR count). The molecular formula is C31H36N2O5S. The first kappa shape index (κ1) is 27.3. The first-order valence-electron chi connectivity index (χ1n) is 13.4. The first-order chi connectivity index (χ1) is 18.3. The standard InChI is InChI=1S/C31H36N2O5S/c1-22(33-19-18-30(38-28(33)34,21-29(2,3)35)26-8-6-5-7-9-26)23-10-12-24(13-11-23)25-14-15-27(32-20-25)31(16-17-31)39(4,36)37/h5-15,20,22,35H,16-19,21H2,1-4H3/t22-,30?/m0/s1. The Balaban J connectivity index is 1.31. The quantitative estimate of drug-likeness (QED) is 0.386. The van der Waals surface area contributed by atoms with Crippen molar-refractivity contribution in [3.63, 3.8) is 0 Å². The van der Waals surface area contributed by atoms with Gasteiger partial charge < -0.3 is 14.7 Å². The number of rotatable bonds is 8. The highest BCUT2D eigenvalue weighted by atomic mass is 32.2. The monoisotopic (exact) mass is 548 g/mol. The van der Waals surface area contributed by atoms with E-state index in [-0.39, 0.29) is 6.04 Å². The molecule has 2 fully saturated rings. The minimum absolute atomic E-state index is 0.201. The lowest BCUT2D eigenvalue weighted by Gasteiger charge is -2.45. The summed E-state index contributed by atoms with van der Waals surface area (Å²) in [5, 5.41) is 10.6. The van der Waals surface area contributed by atoms with Gasteiger partial charge in [0.1, 0.15) is 10.3 Å². The Kier molecular flexibility index (Phi) is 6.84. The van der Waals surface area contributed by atoms with Crippen LogP contribution in [0.5, 0.6) is 0 Å². The number of aromatic nitrogens is 1. The molecule has 0 bridgehead atoms. The Morgan fingerprint density at radius 3 is 2.15 bits per heavy atom. The van der Waals surface area contributed by atoms with E-state index in [1.54, 1.807) is 24.9 Å². The maximum absolute atomic E-state index is 13.3. The smallest absolute Gasteiger partial charge is 0.411 e. The molecule has 3 aromatic rings. The zero-order chi connectivity index (χ0) is 28.1. The fourth-order valence-corrected chi connectivity index (χ4v) is 7.13. The molecule has 2 atom stereocenters. The second-order valence-corrected chi connectivity index (χ2v) is 14.0. The average Bonchev–Trinajstić information content (AvgIpc) is 3.71. The number of nitrogens with zero attached hydrogens (tertiary/aromatic N) is 2. The SMILES string of the molecule is C[C@@H](c1ccc(-c2ccc(C3(S(C)(=O)=O)CC3)nc2)cc1)N1CCC(CC(C)(C)O)(c2ccccc2)OC1=O. The number of ether oxygens (including phenoxy) is 1. The summed E-state index contributed by atoms with van der Waals surface area (Å²) < 4.78 is 29.7. The molecule has 0 spiro atoms. The van der Waals surface area contributed by atoms with E-state index in [0.717, 1.165) is 22.3 Å². The van der Waals surface area contributed by atoms with Gasteiger partial charge >= 0.3 is 6.09 Å². The van der Waals surface area contributed by atoms with Gasteiger partial charge in [-0.1, -0.05) is 60.7 Å².